The van der Waals surface area contributed by atoms with E-state index in [1.807, 2.05) is 0 Å². The minimum absolute atomic E-state index is 0.483. The van der Waals surface area contributed by atoms with Crippen molar-refractivity contribution in [2.24, 2.45) is 17.3 Å². The highest BCUT2D eigenvalue weighted by Crippen LogP contribution is 2.34. The zero-order valence-corrected chi connectivity index (χ0v) is 13.4. The summed E-state index contributed by atoms with van der Waals surface area (Å²) in [5, 5.41) is 3.47. The summed E-state index contributed by atoms with van der Waals surface area (Å²) in [6.45, 7) is 15.6. The van der Waals surface area contributed by atoms with Crippen LogP contribution in [0.4, 0.5) is 0 Å². The van der Waals surface area contributed by atoms with Crippen LogP contribution in [0.25, 0.3) is 0 Å². The van der Waals surface area contributed by atoms with Crippen molar-refractivity contribution in [1.29, 1.82) is 0 Å². The van der Waals surface area contributed by atoms with Crippen LogP contribution in [0.15, 0.2) is 0 Å². The van der Waals surface area contributed by atoms with Crippen molar-refractivity contribution in [1.82, 2.24) is 10.2 Å². The molecule has 1 heterocycles. The molecular formula is C16H34N2. The lowest BCUT2D eigenvalue weighted by molar-refractivity contribution is 0.197. The van der Waals surface area contributed by atoms with Gasteiger partial charge in [-0.3, -0.25) is 0 Å². The summed E-state index contributed by atoms with van der Waals surface area (Å²) >= 11 is 0. The minimum Gasteiger partial charge on any atom is -0.315 e. The fraction of sp³-hybridized carbons (Fsp3) is 1.00. The maximum absolute atomic E-state index is 3.47. The Bertz CT molecular complexity index is 230. The van der Waals surface area contributed by atoms with E-state index in [2.05, 4.69) is 51.9 Å². The summed E-state index contributed by atoms with van der Waals surface area (Å²) in [5.41, 5.74) is 0.483. The normalized spacial score (nSPS) is 25.2. The summed E-state index contributed by atoms with van der Waals surface area (Å²) in [6, 6.07) is 0.635. The molecule has 0 aromatic rings. The SMILES string of the molecule is CNC(CN1CCCC(C(C)(C)C)CC1)C(C)C. The third-order valence-electron chi connectivity index (χ3n) is 4.68. The van der Waals surface area contributed by atoms with Crippen molar-refractivity contribution in [3.8, 4) is 0 Å². The molecule has 0 aromatic carbocycles. The molecule has 0 saturated carbocycles. The molecule has 18 heavy (non-hydrogen) atoms. The Morgan fingerprint density at radius 2 is 1.83 bits per heavy atom. The van der Waals surface area contributed by atoms with Gasteiger partial charge in [-0.2, -0.15) is 0 Å². The highest BCUT2D eigenvalue weighted by molar-refractivity contribution is 4.81. The van der Waals surface area contributed by atoms with E-state index < -0.39 is 0 Å². The third kappa shape index (κ3) is 4.89. The van der Waals surface area contributed by atoms with Crippen molar-refractivity contribution in [3.63, 3.8) is 0 Å². The molecule has 1 rings (SSSR count). The number of nitrogens with zero attached hydrogens (tertiary/aromatic N) is 1. The lowest BCUT2D eigenvalue weighted by atomic mass is 9.77. The van der Waals surface area contributed by atoms with Crippen LogP contribution in [0.2, 0.25) is 0 Å². The van der Waals surface area contributed by atoms with E-state index >= 15 is 0 Å². The fourth-order valence-electron chi connectivity index (χ4n) is 3.12. The average molecular weight is 254 g/mol. The van der Waals surface area contributed by atoms with E-state index in [9.17, 15) is 0 Å². The highest BCUT2D eigenvalue weighted by atomic mass is 15.1. The Morgan fingerprint density at radius 1 is 1.17 bits per heavy atom. The Labute approximate surface area is 115 Å². The van der Waals surface area contributed by atoms with E-state index in [4.69, 9.17) is 0 Å². The van der Waals surface area contributed by atoms with Crippen LogP contribution in [-0.2, 0) is 0 Å². The number of likely N-dealkylation sites (N-methyl/N-ethyl adjacent to an activating group) is 1. The van der Waals surface area contributed by atoms with Crippen molar-refractivity contribution >= 4 is 0 Å². The summed E-state index contributed by atoms with van der Waals surface area (Å²) in [6.07, 6.45) is 4.15. The van der Waals surface area contributed by atoms with Gasteiger partial charge in [0.15, 0.2) is 0 Å². The van der Waals surface area contributed by atoms with Crippen LogP contribution in [0, 0.1) is 17.3 Å². The van der Waals surface area contributed by atoms with Crippen molar-refractivity contribution in [2.45, 2.75) is 59.9 Å². The molecule has 2 heteroatoms. The van der Waals surface area contributed by atoms with Crippen LogP contribution in [-0.4, -0.2) is 37.6 Å². The lowest BCUT2D eigenvalue weighted by Gasteiger charge is -2.31. The Hall–Kier alpha value is -0.0800. The topological polar surface area (TPSA) is 15.3 Å². The Balaban J connectivity index is 2.47. The van der Waals surface area contributed by atoms with Gasteiger partial charge < -0.3 is 10.2 Å². The smallest absolute Gasteiger partial charge is 0.0214 e. The molecule has 2 unspecified atom stereocenters. The van der Waals surface area contributed by atoms with Gasteiger partial charge >= 0.3 is 0 Å². The molecule has 1 saturated heterocycles. The number of hydrogen-bond donors (Lipinski definition) is 1. The van der Waals surface area contributed by atoms with Crippen molar-refractivity contribution < 1.29 is 0 Å². The van der Waals surface area contributed by atoms with E-state index in [1.54, 1.807) is 0 Å². The summed E-state index contributed by atoms with van der Waals surface area (Å²) in [5.74, 6) is 1.62. The van der Waals surface area contributed by atoms with Gasteiger partial charge in [-0.25, -0.2) is 0 Å². The second kappa shape index (κ2) is 6.91. The fourth-order valence-corrected chi connectivity index (χ4v) is 3.12. The lowest BCUT2D eigenvalue weighted by Crippen LogP contribution is -2.43. The van der Waals surface area contributed by atoms with Crippen LogP contribution in [0.3, 0.4) is 0 Å². The van der Waals surface area contributed by atoms with E-state index in [0.717, 1.165) is 11.8 Å². The molecule has 1 fully saturated rings. The molecule has 1 aliphatic rings. The van der Waals surface area contributed by atoms with Crippen LogP contribution in [0.5, 0.6) is 0 Å². The number of nitrogens with one attached hydrogen (secondary N) is 1. The van der Waals surface area contributed by atoms with E-state index in [0.29, 0.717) is 11.5 Å². The predicted octanol–water partition coefficient (Wildman–Crippen LogP) is 3.38. The monoisotopic (exact) mass is 254 g/mol. The van der Waals surface area contributed by atoms with Gasteiger partial charge in [0.25, 0.3) is 0 Å². The second-order valence-electron chi connectivity index (χ2n) is 7.43. The molecule has 0 aromatic heterocycles. The van der Waals surface area contributed by atoms with Crippen LogP contribution in [0.1, 0.15) is 53.9 Å². The number of hydrogen-bond acceptors (Lipinski definition) is 2. The van der Waals surface area contributed by atoms with E-state index in [1.165, 1.54) is 38.9 Å². The molecule has 2 atom stereocenters. The van der Waals surface area contributed by atoms with Gasteiger partial charge in [-0.05, 0) is 56.7 Å². The van der Waals surface area contributed by atoms with Crippen LogP contribution < -0.4 is 5.32 Å². The minimum atomic E-state index is 0.483. The van der Waals surface area contributed by atoms with Gasteiger partial charge in [-0.1, -0.05) is 34.6 Å². The zero-order chi connectivity index (χ0) is 13.8. The first-order valence-corrected chi connectivity index (χ1v) is 7.74. The number of likely N-dealkylation sites (tertiary alicyclic amines) is 1. The first-order valence-electron chi connectivity index (χ1n) is 7.74. The maximum Gasteiger partial charge on any atom is 0.0214 e. The molecule has 0 radical (unpaired) electrons. The van der Waals surface area contributed by atoms with Gasteiger partial charge in [0.05, 0.1) is 0 Å². The van der Waals surface area contributed by atoms with Gasteiger partial charge in [-0.15, -0.1) is 0 Å². The maximum atomic E-state index is 3.47. The summed E-state index contributed by atoms with van der Waals surface area (Å²) < 4.78 is 0. The van der Waals surface area contributed by atoms with Gasteiger partial charge in [0.1, 0.15) is 0 Å². The molecule has 0 amide bonds. The van der Waals surface area contributed by atoms with Crippen molar-refractivity contribution in [3.05, 3.63) is 0 Å². The molecule has 1 aliphatic heterocycles. The third-order valence-corrected chi connectivity index (χ3v) is 4.68. The Kier molecular flexibility index (Phi) is 6.13. The van der Waals surface area contributed by atoms with E-state index in [-0.39, 0.29) is 0 Å². The van der Waals surface area contributed by atoms with Gasteiger partial charge in [0.2, 0.25) is 0 Å². The predicted molar refractivity (Wildman–Crippen MR) is 80.9 cm³/mol. The first kappa shape index (κ1) is 16.0. The second-order valence-corrected chi connectivity index (χ2v) is 7.43. The zero-order valence-electron chi connectivity index (χ0n) is 13.4. The molecule has 1 N–H and O–H groups in total. The Morgan fingerprint density at radius 3 is 2.33 bits per heavy atom. The summed E-state index contributed by atoms with van der Waals surface area (Å²) in [7, 11) is 2.10. The molecular weight excluding hydrogens is 220 g/mol. The number of rotatable bonds is 4. The molecule has 0 bridgehead atoms. The molecule has 0 spiro atoms. The molecule has 0 aliphatic carbocycles. The van der Waals surface area contributed by atoms with Crippen molar-refractivity contribution in [2.75, 3.05) is 26.7 Å². The highest BCUT2D eigenvalue weighted by Gasteiger charge is 2.27. The first-order chi connectivity index (χ1) is 8.34. The molecule has 2 nitrogen and oxygen atoms in total. The molecule has 108 valence electrons. The standard InChI is InChI=1S/C16H34N2/c1-13(2)15(17-6)12-18-10-7-8-14(9-11-18)16(3,4)5/h13-15,17H,7-12H2,1-6H3. The van der Waals surface area contributed by atoms with Crippen LogP contribution >= 0.6 is 0 Å². The quantitative estimate of drug-likeness (QED) is 0.827. The summed E-state index contributed by atoms with van der Waals surface area (Å²) in [4.78, 5) is 2.67. The average Bonchev–Trinajstić information content (AvgIpc) is 2.49. The van der Waals surface area contributed by atoms with Gasteiger partial charge in [0, 0.05) is 12.6 Å². The largest absolute Gasteiger partial charge is 0.315 e.